The number of benzene rings is 1. The molecule has 0 unspecified atom stereocenters. The summed E-state index contributed by atoms with van der Waals surface area (Å²) in [7, 11) is -3.73. The van der Waals surface area contributed by atoms with Gasteiger partial charge in [0, 0.05) is 12.4 Å². The summed E-state index contributed by atoms with van der Waals surface area (Å²) in [6.07, 6.45) is 2.88. The number of hydrogen-bond donors (Lipinski definition) is 2. The molecule has 2 N–H and O–H groups in total. The number of hydrogen-bond acceptors (Lipinski definition) is 6. The van der Waals surface area contributed by atoms with Crippen LogP contribution in [0.25, 0.3) is 0 Å². The number of aromatic nitrogens is 2. The topological polar surface area (TPSA) is 101 Å². The molecule has 1 aromatic heterocycles. The van der Waals surface area contributed by atoms with Crippen molar-refractivity contribution < 1.29 is 18.3 Å². The Kier molecular flexibility index (Phi) is 4.49. The Morgan fingerprint density at radius 1 is 1.15 bits per heavy atom. The highest BCUT2D eigenvalue weighted by Gasteiger charge is 2.15. The molecule has 0 amide bonds. The summed E-state index contributed by atoms with van der Waals surface area (Å²) in [5.41, 5.74) is 0. The van der Waals surface area contributed by atoms with Crippen LogP contribution in [0, 0.1) is 0 Å². The van der Waals surface area contributed by atoms with Gasteiger partial charge in [0.2, 0.25) is 5.95 Å². The lowest BCUT2D eigenvalue weighted by molar-refractivity contribution is 0.201. The molecule has 106 valence electrons. The largest absolute Gasteiger partial charge is 0.491 e. The molecule has 0 radical (unpaired) electrons. The number of anilines is 1. The smallest absolute Gasteiger partial charge is 0.264 e. The number of aliphatic hydroxyl groups is 1. The Labute approximate surface area is 116 Å². The van der Waals surface area contributed by atoms with Crippen molar-refractivity contribution in [3.8, 4) is 5.75 Å². The first-order chi connectivity index (χ1) is 9.62. The van der Waals surface area contributed by atoms with E-state index in [2.05, 4.69) is 14.7 Å². The second-order valence-corrected chi connectivity index (χ2v) is 5.40. The summed E-state index contributed by atoms with van der Waals surface area (Å²) >= 11 is 0. The van der Waals surface area contributed by atoms with E-state index in [1.807, 2.05) is 0 Å². The van der Waals surface area contributed by atoms with Crippen LogP contribution in [-0.4, -0.2) is 36.7 Å². The summed E-state index contributed by atoms with van der Waals surface area (Å²) in [4.78, 5) is 7.66. The van der Waals surface area contributed by atoms with Crippen LogP contribution >= 0.6 is 0 Å². The SMILES string of the molecule is O=S(=O)(Nc1ncccn1)c1ccc(OCCO)cc1. The maximum atomic E-state index is 12.1. The van der Waals surface area contributed by atoms with E-state index in [0.29, 0.717) is 5.75 Å². The molecular formula is C12H13N3O4S. The van der Waals surface area contributed by atoms with Crippen molar-refractivity contribution in [2.45, 2.75) is 4.90 Å². The van der Waals surface area contributed by atoms with Gasteiger partial charge < -0.3 is 9.84 Å². The molecule has 1 heterocycles. The third kappa shape index (κ3) is 3.65. The predicted molar refractivity (Wildman–Crippen MR) is 71.9 cm³/mol. The van der Waals surface area contributed by atoms with E-state index >= 15 is 0 Å². The lowest BCUT2D eigenvalue weighted by Gasteiger charge is -2.07. The fourth-order valence-corrected chi connectivity index (χ4v) is 2.37. The quantitative estimate of drug-likeness (QED) is 0.811. The molecule has 8 heteroatoms. The predicted octanol–water partition coefficient (Wildman–Crippen LogP) is 0.648. The van der Waals surface area contributed by atoms with Gasteiger partial charge in [-0.3, -0.25) is 0 Å². The van der Waals surface area contributed by atoms with E-state index in [9.17, 15) is 8.42 Å². The van der Waals surface area contributed by atoms with Crippen LogP contribution in [0.1, 0.15) is 0 Å². The molecule has 0 spiro atoms. The highest BCUT2D eigenvalue weighted by Crippen LogP contribution is 2.17. The number of sulfonamides is 1. The van der Waals surface area contributed by atoms with Gasteiger partial charge in [-0.2, -0.15) is 0 Å². The Hall–Kier alpha value is -2.19. The molecule has 1 aromatic carbocycles. The zero-order valence-electron chi connectivity index (χ0n) is 10.4. The minimum Gasteiger partial charge on any atom is -0.491 e. The number of rotatable bonds is 6. The van der Waals surface area contributed by atoms with Crippen LogP contribution in [0.4, 0.5) is 5.95 Å². The highest BCUT2D eigenvalue weighted by atomic mass is 32.2. The van der Waals surface area contributed by atoms with Crippen molar-refractivity contribution in [2.24, 2.45) is 0 Å². The Bertz CT molecular complexity index is 644. The van der Waals surface area contributed by atoms with E-state index in [0.717, 1.165) is 0 Å². The summed E-state index contributed by atoms with van der Waals surface area (Å²) in [5.74, 6) is 0.488. The lowest BCUT2D eigenvalue weighted by Crippen LogP contribution is -2.14. The van der Waals surface area contributed by atoms with E-state index in [4.69, 9.17) is 9.84 Å². The molecule has 0 fully saturated rings. The molecule has 7 nitrogen and oxygen atoms in total. The number of aliphatic hydroxyl groups excluding tert-OH is 1. The standard InChI is InChI=1S/C12H13N3O4S/c16-8-9-19-10-2-4-11(5-3-10)20(17,18)15-12-13-6-1-7-14-12/h1-7,16H,8-9H2,(H,13,14,15). The zero-order chi connectivity index (χ0) is 14.4. The second-order valence-electron chi connectivity index (χ2n) is 3.72. The first kappa shape index (κ1) is 14.2. The second kappa shape index (κ2) is 6.31. The summed E-state index contributed by atoms with van der Waals surface area (Å²) in [6, 6.07) is 7.41. The maximum absolute atomic E-state index is 12.1. The van der Waals surface area contributed by atoms with Gasteiger partial charge >= 0.3 is 0 Å². The van der Waals surface area contributed by atoms with E-state index in [-0.39, 0.29) is 24.1 Å². The summed E-state index contributed by atoms with van der Waals surface area (Å²) < 4.78 is 31.5. The lowest BCUT2D eigenvalue weighted by atomic mass is 10.3. The monoisotopic (exact) mass is 295 g/mol. The van der Waals surface area contributed by atoms with Gasteiger partial charge in [-0.15, -0.1) is 0 Å². The van der Waals surface area contributed by atoms with Crippen molar-refractivity contribution in [1.82, 2.24) is 9.97 Å². The summed E-state index contributed by atoms with van der Waals surface area (Å²) in [5, 5.41) is 8.63. The molecular weight excluding hydrogens is 282 g/mol. The van der Waals surface area contributed by atoms with Gasteiger partial charge in [0.05, 0.1) is 11.5 Å². The van der Waals surface area contributed by atoms with Crippen LogP contribution < -0.4 is 9.46 Å². The summed E-state index contributed by atoms with van der Waals surface area (Å²) in [6.45, 7) is 0.0507. The molecule has 2 aromatic rings. The number of nitrogens with one attached hydrogen (secondary N) is 1. The van der Waals surface area contributed by atoms with Gasteiger partial charge in [0.1, 0.15) is 12.4 Å². The average Bonchev–Trinajstić information content (AvgIpc) is 2.46. The third-order valence-electron chi connectivity index (χ3n) is 2.29. The van der Waals surface area contributed by atoms with Gasteiger partial charge in [-0.1, -0.05) is 0 Å². The Morgan fingerprint density at radius 2 is 1.80 bits per heavy atom. The molecule has 0 saturated heterocycles. The van der Waals surface area contributed by atoms with Gasteiger partial charge in [0.25, 0.3) is 10.0 Å². The Balaban J connectivity index is 2.13. The zero-order valence-corrected chi connectivity index (χ0v) is 11.2. The molecule has 0 bridgehead atoms. The Morgan fingerprint density at radius 3 is 2.40 bits per heavy atom. The third-order valence-corrected chi connectivity index (χ3v) is 3.63. The molecule has 2 rings (SSSR count). The van der Waals surface area contributed by atoms with Crippen LogP contribution in [-0.2, 0) is 10.0 Å². The number of ether oxygens (including phenoxy) is 1. The van der Waals surface area contributed by atoms with Crippen LogP contribution in [0.3, 0.4) is 0 Å². The van der Waals surface area contributed by atoms with Crippen molar-refractivity contribution in [3.05, 3.63) is 42.7 Å². The number of nitrogens with zero attached hydrogens (tertiary/aromatic N) is 2. The first-order valence-electron chi connectivity index (χ1n) is 5.75. The van der Waals surface area contributed by atoms with E-state index < -0.39 is 10.0 Å². The van der Waals surface area contributed by atoms with Gasteiger partial charge in [0.15, 0.2) is 0 Å². The van der Waals surface area contributed by atoms with Crippen molar-refractivity contribution in [1.29, 1.82) is 0 Å². The minimum atomic E-state index is -3.73. The van der Waals surface area contributed by atoms with Crippen LogP contribution in [0.2, 0.25) is 0 Å². The molecule has 0 saturated carbocycles. The molecule has 20 heavy (non-hydrogen) atoms. The van der Waals surface area contributed by atoms with Gasteiger partial charge in [-0.05, 0) is 30.3 Å². The van der Waals surface area contributed by atoms with E-state index in [1.165, 1.54) is 36.7 Å². The van der Waals surface area contributed by atoms with E-state index in [1.54, 1.807) is 6.07 Å². The highest BCUT2D eigenvalue weighted by molar-refractivity contribution is 7.92. The molecule has 0 atom stereocenters. The van der Waals surface area contributed by atoms with Crippen molar-refractivity contribution >= 4 is 16.0 Å². The molecule has 0 aliphatic heterocycles. The first-order valence-corrected chi connectivity index (χ1v) is 7.24. The maximum Gasteiger partial charge on any atom is 0.264 e. The average molecular weight is 295 g/mol. The molecule has 0 aliphatic carbocycles. The normalized spacial score (nSPS) is 11.1. The minimum absolute atomic E-state index is 0.00751. The van der Waals surface area contributed by atoms with Gasteiger partial charge in [-0.25, -0.2) is 23.1 Å². The van der Waals surface area contributed by atoms with Crippen LogP contribution in [0.5, 0.6) is 5.75 Å². The fourth-order valence-electron chi connectivity index (χ4n) is 1.41. The van der Waals surface area contributed by atoms with Crippen molar-refractivity contribution in [3.63, 3.8) is 0 Å². The molecule has 0 aliphatic rings. The van der Waals surface area contributed by atoms with Crippen molar-refractivity contribution in [2.75, 3.05) is 17.9 Å². The fraction of sp³-hybridized carbons (Fsp3) is 0.167. The van der Waals surface area contributed by atoms with Crippen LogP contribution in [0.15, 0.2) is 47.6 Å².